The van der Waals surface area contributed by atoms with Gasteiger partial charge in [0.2, 0.25) is 4.90 Å². The molecule has 0 aliphatic carbocycles. The van der Waals surface area contributed by atoms with Crippen LogP contribution in [0.3, 0.4) is 0 Å². The molecule has 2 aromatic heterocycles. The molecular weight excluding hydrogens is 336 g/mol. The van der Waals surface area contributed by atoms with Crippen LogP contribution in [-0.4, -0.2) is 33.3 Å². The van der Waals surface area contributed by atoms with Gasteiger partial charge in [-0.3, -0.25) is 9.82 Å². The number of rotatable bonds is 8. The molecule has 0 aliphatic rings. The van der Waals surface area contributed by atoms with Crippen molar-refractivity contribution in [2.75, 3.05) is 4.72 Å². The molecule has 0 radical (unpaired) electrons. The third-order valence-corrected chi connectivity index (χ3v) is 4.93. The predicted octanol–water partition coefficient (Wildman–Crippen LogP) is 2.24. The van der Waals surface area contributed by atoms with Crippen LogP contribution < -0.4 is 4.72 Å². The van der Waals surface area contributed by atoms with Gasteiger partial charge in [0.25, 0.3) is 10.0 Å². The number of sulfonamides is 1. The molecule has 2 N–H and O–H groups in total. The average Bonchev–Trinajstić information content (AvgIpc) is 3.13. The van der Waals surface area contributed by atoms with Gasteiger partial charge in [-0.15, -0.1) is 0 Å². The second-order valence-electron chi connectivity index (χ2n) is 5.43. The number of hydrogen-bond acceptors (Lipinski definition) is 6. The highest BCUT2D eigenvalue weighted by Crippen LogP contribution is 2.25. The molecule has 0 saturated heterocycles. The number of nitrogens with zero attached hydrogens (tertiary/aromatic N) is 4. The van der Waals surface area contributed by atoms with Crippen molar-refractivity contribution in [1.29, 1.82) is 0 Å². The molecule has 0 fully saturated rings. The van der Waals surface area contributed by atoms with Crippen molar-refractivity contribution in [3.63, 3.8) is 0 Å². The van der Waals surface area contributed by atoms with Crippen molar-refractivity contribution in [1.82, 2.24) is 20.0 Å². The Morgan fingerprint density at radius 2 is 2.17 bits per heavy atom. The van der Waals surface area contributed by atoms with Crippen LogP contribution in [0.25, 0.3) is 0 Å². The van der Waals surface area contributed by atoms with Gasteiger partial charge in [0.15, 0.2) is 5.82 Å². The van der Waals surface area contributed by atoms with E-state index in [1.54, 1.807) is 13.0 Å². The molecule has 0 amide bonds. The second kappa shape index (κ2) is 6.99. The van der Waals surface area contributed by atoms with Crippen molar-refractivity contribution in [3.8, 4) is 0 Å². The SMILES string of the molecule is CCCC(C)c1cc(NS(=O)(=O)c2cn(CC)nc2[N+](=O)[O-])n[nH]1. The van der Waals surface area contributed by atoms with Crippen molar-refractivity contribution in [3.05, 3.63) is 28.1 Å². The van der Waals surface area contributed by atoms with Crippen LogP contribution in [0.1, 0.15) is 45.2 Å². The van der Waals surface area contributed by atoms with Crippen LogP contribution in [0, 0.1) is 10.1 Å². The van der Waals surface area contributed by atoms with E-state index in [1.165, 1.54) is 4.68 Å². The zero-order valence-electron chi connectivity index (χ0n) is 13.7. The first-order valence-corrected chi connectivity index (χ1v) is 9.06. The predicted molar refractivity (Wildman–Crippen MR) is 87.3 cm³/mol. The normalized spacial score (nSPS) is 13.0. The Labute approximate surface area is 139 Å². The van der Waals surface area contributed by atoms with E-state index in [-0.39, 0.29) is 11.7 Å². The van der Waals surface area contributed by atoms with E-state index in [0.717, 1.165) is 24.7 Å². The fraction of sp³-hybridized carbons (Fsp3) is 0.538. The first-order chi connectivity index (χ1) is 11.3. The Bertz CT molecular complexity index is 825. The first kappa shape index (κ1) is 17.9. The molecule has 24 heavy (non-hydrogen) atoms. The molecular formula is C13H20N6O4S. The summed E-state index contributed by atoms with van der Waals surface area (Å²) in [4.78, 5) is 9.73. The van der Waals surface area contributed by atoms with Gasteiger partial charge in [0.1, 0.15) is 0 Å². The van der Waals surface area contributed by atoms with Crippen molar-refractivity contribution >= 4 is 21.7 Å². The lowest BCUT2D eigenvalue weighted by Crippen LogP contribution is -2.14. The van der Waals surface area contributed by atoms with Crippen molar-refractivity contribution in [2.45, 2.75) is 51.0 Å². The summed E-state index contributed by atoms with van der Waals surface area (Å²) in [5, 5.41) is 21.4. The molecule has 10 nitrogen and oxygen atoms in total. The zero-order chi connectivity index (χ0) is 17.9. The lowest BCUT2D eigenvalue weighted by molar-refractivity contribution is -0.392. The van der Waals surface area contributed by atoms with Crippen LogP contribution in [0.5, 0.6) is 0 Å². The molecule has 0 bridgehead atoms. The van der Waals surface area contributed by atoms with Crippen molar-refractivity contribution in [2.24, 2.45) is 0 Å². The fourth-order valence-corrected chi connectivity index (χ4v) is 3.40. The monoisotopic (exact) mass is 356 g/mol. The minimum Gasteiger partial charge on any atom is -0.358 e. The van der Waals surface area contributed by atoms with Crippen LogP contribution in [0.2, 0.25) is 0 Å². The number of aromatic amines is 1. The number of H-pyrrole nitrogens is 1. The van der Waals surface area contributed by atoms with E-state index in [1.807, 2.05) is 6.92 Å². The Hall–Kier alpha value is -2.43. The molecule has 2 heterocycles. The molecule has 2 rings (SSSR count). The highest BCUT2D eigenvalue weighted by Gasteiger charge is 2.31. The molecule has 0 aromatic carbocycles. The summed E-state index contributed by atoms with van der Waals surface area (Å²) in [6.45, 7) is 6.08. The van der Waals surface area contributed by atoms with Gasteiger partial charge >= 0.3 is 5.82 Å². The maximum Gasteiger partial charge on any atom is 0.410 e. The molecule has 0 spiro atoms. The molecule has 11 heteroatoms. The van der Waals surface area contributed by atoms with E-state index in [0.29, 0.717) is 6.54 Å². The van der Waals surface area contributed by atoms with Crippen LogP contribution in [0.15, 0.2) is 17.2 Å². The topological polar surface area (TPSA) is 136 Å². The summed E-state index contributed by atoms with van der Waals surface area (Å²) in [7, 11) is -4.16. The first-order valence-electron chi connectivity index (χ1n) is 7.58. The summed E-state index contributed by atoms with van der Waals surface area (Å²) in [6, 6.07) is 1.59. The third kappa shape index (κ3) is 3.72. The van der Waals surface area contributed by atoms with Gasteiger partial charge in [0, 0.05) is 11.8 Å². The van der Waals surface area contributed by atoms with E-state index in [4.69, 9.17) is 0 Å². The number of aromatic nitrogens is 4. The summed E-state index contributed by atoms with van der Waals surface area (Å²) >= 11 is 0. The van der Waals surface area contributed by atoms with Crippen LogP contribution >= 0.6 is 0 Å². The summed E-state index contributed by atoms with van der Waals surface area (Å²) < 4.78 is 28.3. The van der Waals surface area contributed by atoms with Crippen molar-refractivity contribution < 1.29 is 13.3 Å². The maximum absolute atomic E-state index is 12.4. The largest absolute Gasteiger partial charge is 0.410 e. The number of nitro groups is 1. The average molecular weight is 356 g/mol. The van der Waals surface area contributed by atoms with E-state index in [9.17, 15) is 18.5 Å². The highest BCUT2D eigenvalue weighted by atomic mass is 32.2. The molecule has 2 aromatic rings. The minimum absolute atomic E-state index is 0.0894. The Balaban J connectivity index is 2.29. The van der Waals surface area contributed by atoms with Crippen LogP contribution in [-0.2, 0) is 16.6 Å². The number of aryl methyl sites for hydroxylation is 1. The van der Waals surface area contributed by atoms with Gasteiger partial charge in [-0.1, -0.05) is 20.3 Å². The third-order valence-electron chi connectivity index (χ3n) is 3.59. The van der Waals surface area contributed by atoms with E-state index < -0.39 is 25.7 Å². The molecule has 0 aliphatic heterocycles. The Morgan fingerprint density at radius 1 is 1.46 bits per heavy atom. The fourth-order valence-electron chi connectivity index (χ4n) is 2.29. The standard InChI is InChI=1S/C13H20N6O4S/c1-4-6-9(3)10-7-12(15-14-10)17-24(22,23)11-8-18(5-2)16-13(11)19(20)21/h7-9H,4-6H2,1-3H3,(H2,14,15,17). The van der Waals surface area contributed by atoms with Gasteiger partial charge in [-0.25, -0.2) is 8.42 Å². The van der Waals surface area contributed by atoms with Crippen LogP contribution in [0.4, 0.5) is 11.6 Å². The van der Waals surface area contributed by atoms with E-state index in [2.05, 4.69) is 26.9 Å². The van der Waals surface area contributed by atoms with Gasteiger partial charge in [-0.2, -0.15) is 9.78 Å². The number of anilines is 1. The van der Waals surface area contributed by atoms with Gasteiger partial charge in [-0.05, 0) is 24.2 Å². The molecule has 1 unspecified atom stereocenters. The Morgan fingerprint density at radius 3 is 2.75 bits per heavy atom. The lowest BCUT2D eigenvalue weighted by Gasteiger charge is -2.05. The Kier molecular flexibility index (Phi) is 5.22. The summed E-state index contributed by atoms with van der Waals surface area (Å²) in [6.07, 6.45) is 3.06. The highest BCUT2D eigenvalue weighted by molar-refractivity contribution is 7.92. The number of nitrogens with one attached hydrogen (secondary N) is 2. The van der Waals surface area contributed by atoms with Gasteiger partial charge < -0.3 is 10.1 Å². The lowest BCUT2D eigenvalue weighted by atomic mass is 10.0. The number of hydrogen-bond donors (Lipinski definition) is 2. The zero-order valence-corrected chi connectivity index (χ0v) is 14.5. The second-order valence-corrected chi connectivity index (χ2v) is 7.08. The molecule has 1 atom stereocenters. The summed E-state index contributed by atoms with van der Waals surface area (Å²) in [5.74, 6) is -0.413. The maximum atomic E-state index is 12.4. The smallest absolute Gasteiger partial charge is 0.358 e. The van der Waals surface area contributed by atoms with E-state index >= 15 is 0 Å². The molecule has 132 valence electrons. The minimum atomic E-state index is -4.16. The molecule has 0 saturated carbocycles. The quantitative estimate of drug-likeness (QED) is 0.550. The summed E-state index contributed by atoms with van der Waals surface area (Å²) in [5.41, 5.74) is 0.799. The van der Waals surface area contributed by atoms with Gasteiger partial charge in [0.05, 0.1) is 17.8 Å².